The Morgan fingerprint density at radius 3 is 2.28 bits per heavy atom. The third-order valence-corrected chi connectivity index (χ3v) is 6.50. The van der Waals surface area contributed by atoms with Crippen LogP contribution in [0.4, 0.5) is 5.69 Å². The summed E-state index contributed by atoms with van der Waals surface area (Å²) in [7, 11) is -3.46. The van der Waals surface area contributed by atoms with Gasteiger partial charge in [0.2, 0.25) is 15.9 Å². The summed E-state index contributed by atoms with van der Waals surface area (Å²) in [5.41, 5.74) is 2.85. The molecule has 1 saturated heterocycles. The van der Waals surface area contributed by atoms with E-state index in [0.29, 0.717) is 26.2 Å². The number of benzene rings is 2. The summed E-state index contributed by atoms with van der Waals surface area (Å²) in [4.78, 5) is 14.3. The number of hydrogen-bond donors (Lipinski definition) is 1. The largest absolute Gasteiger partial charge is 0.325 e. The first-order chi connectivity index (χ1) is 14.0. The van der Waals surface area contributed by atoms with Crippen molar-refractivity contribution in [3.63, 3.8) is 0 Å². The number of amides is 1. The van der Waals surface area contributed by atoms with Gasteiger partial charge in [0.15, 0.2) is 0 Å². The van der Waals surface area contributed by atoms with Gasteiger partial charge in [-0.05, 0) is 35.8 Å². The summed E-state index contributed by atoms with van der Waals surface area (Å²) in [5.74, 6) is -0.0884. The van der Waals surface area contributed by atoms with Gasteiger partial charge in [-0.15, -0.1) is 0 Å². The second-order valence-corrected chi connectivity index (χ2v) is 8.85. The summed E-state index contributed by atoms with van der Waals surface area (Å²) in [6, 6.07) is 17.2. The van der Waals surface area contributed by atoms with Crippen molar-refractivity contribution in [3.05, 3.63) is 71.1 Å². The van der Waals surface area contributed by atoms with E-state index in [1.54, 1.807) is 6.08 Å². The van der Waals surface area contributed by atoms with Crippen molar-refractivity contribution in [3.8, 4) is 0 Å². The van der Waals surface area contributed by atoms with Gasteiger partial charge < -0.3 is 5.32 Å². The first kappa shape index (κ1) is 21.2. The zero-order chi connectivity index (χ0) is 20.7. The Balaban J connectivity index is 1.48. The van der Waals surface area contributed by atoms with Gasteiger partial charge in [0.1, 0.15) is 0 Å². The molecule has 3 rings (SSSR count). The highest BCUT2D eigenvalue weighted by Crippen LogP contribution is 2.13. The summed E-state index contributed by atoms with van der Waals surface area (Å²) in [5, 5.41) is 4.15. The molecule has 1 fully saturated rings. The average Bonchev–Trinajstić information content (AvgIpc) is 2.74. The molecule has 1 heterocycles. The molecule has 1 N–H and O–H groups in total. The number of piperazine rings is 1. The van der Waals surface area contributed by atoms with E-state index < -0.39 is 10.0 Å². The van der Waals surface area contributed by atoms with Gasteiger partial charge in [-0.3, -0.25) is 9.69 Å². The Bertz CT molecular complexity index is 933. The lowest BCUT2D eigenvalue weighted by Gasteiger charge is -2.32. The number of nitrogens with one attached hydrogen (secondary N) is 1. The van der Waals surface area contributed by atoms with Crippen molar-refractivity contribution >= 4 is 27.7 Å². The molecule has 1 aliphatic rings. The Labute approximate surface area is 172 Å². The molecule has 154 valence electrons. The number of rotatable bonds is 7. The Morgan fingerprint density at radius 2 is 1.66 bits per heavy atom. The highest BCUT2D eigenvalue weighted by Gasteiger charge is 2.25. The second-order valence-electron chi connectivity index (χ2n) is 7.03. The van der Waals surface area contributed by atoms with Crippen LogP contribution in [0.3, 0.4) is 0 Å². The lowest BCUT2D eigenvalue weighted by molar-refractivity contribution is -0.117. The number of sulfonamides is 1. The number of carbonyl (C=O) groups is 1. The minimum absolute atomic E-state index is 0.0884. The maximum absolute atomic E-state index is 12.5. The van der Waals surface area contributed by atoms with E-state index in [9.17, 15) is 13.2 Å². The first-order valence-electron chi connectivity index (χ1n) is 9.81. The van der Waals surface area contributed by atoms with Crippen LogP contribution in [0, 0.1) is 0 Å². The molecule has 1 amide bonds. The zero-order valence-corrected chi connectivity index (χ0v) is 17.4. The molecule has 0 unspecified atom stereocenters. The molecule has 7 heteroatoms. The van der Waals surface area contributed by atoms with E-state index >= 15 is 0 Å². The molecular formula is C22H27N3O3S. The molecule has 1 aliphatic heterocycles. The highest BCUT2D eigenvalue weighted by atomic mass is 32.2. The third kappa shape index (κ3) is 6.25. The van der Waals surface area contributed by atoms with Gasteiger partial charge in [0.25, 0.3) is 0 Å². The van der Waals surface area contributed by atoms with Crippen LogP contribution in [0.15, 0.2) is 60.0 Å². The molecule has 2 aromatic carbocycles. The average molecular weight is 414 g/mol. The molecule has 0 aromatic heterocycles. The van der Waals surface area contributed by atoms with Crippen LogP contribution < -0.4 is 5.32 Å². The van der Waals surface area contributed by atoms with Crippen LogP contribution in [-0.2, 0) is 21.2 Å². The van der Waals surface area contributed by atoms with Crippen molar-refractivity contribution in [1.82, 2.24) is 9.21 Å². The topological polar surface area (TPSA) is 69.7 Å². The lowest BCUT2D eigenvalue weighted by atomic mass is 10.1. The fourth-order valence-electron chi connectivity index (χ4n) is 3.18. The van der Waals surface area contributed by atoms with Gasteiger partial charge in [-0.1, -0.05) is 49.4 Å². The number of hydrogen-bond acceptors (Lipinski definition) is 4. The van der Waals surface area contributed by atoms with Crippen LogP contribution in [0.25, 0.3) is 6.08 Å². The molecule has 29 heavy (non-hydrogen) atoms. The number of carbonyl (C=O) groups excluding carboxylic acids is 1. The van der Waals surface area contributed by atoms with Crippen LogP contribution in [-0.4, -0.2) is 56.3 Å². The summed E-state index contributed by atoms with van der Waals surface area (Å²) >= 11 is 0. The monoisotopic (exact) mass is 413 g/mol. The second kappa shape index (κ2) is 9.82. The predicted molar refractivity (Wildman–Crippen MR) is 117 cm³/mol. The summed E-state index contributed by atoms with van der Waals surface area (Å²) in [6.45, 7) is 4.15. The predicted octanol–water partition coefficient (Wildman–Crippen LogP) is 2.81. The lowest BCUT2D eigenvalue weighted by Crippen LogP contribution is -2.49. The Kier molecular flexibility index (Phi) is 7.19. The van der Waals surface area contributed by atoms with E-state index in [1.165, 1.54) is 15.3 Å². The smallest absolute Gasteiger partial charge is 0.238 e. The van der Waals surface area contributed by atoms with Crippen molar-refractivity contribution in [2.24, 2.45) is 0 Å². The van der Waals surface area contributed by atoms with E-state index in [4.69, 9.17) is 0 Å². The maximum atomic E-state index is 12.5. The van der Waals surface area contributed by atoms with Gasteiger partial charge >= 0.3 is 0 Å². The first-order valence-corrected chi connectivity index (χ1v) is 11.3. The molecule has 2 aromatic rings. The van der Waals surface area contributed by atoms with E-state index in [2.05, 4.69) is 12.2 Å². The molecule has 6 nitrogen and oxygen atoms in total. The molecule has 0 saturated carbocycles. The summed E-state index contributed by atoms with van der Waals surface area (Å²) < 4.78 is 26.5. The van der Waals surface area contributed by atoms with Crippen molar-refractivity contribution < 1.29 is 13.2 Å². The highest BCUT2D eigenvalue weighted by molar-refractivity contribution is 7.92. The van der Waals surface area contributed by atoms with Crippen LogP contribution in [0.1, 0.15) is 18.1 Å². The molecular weight excluding hydrogens is 386 g/mol. The van der Waals surface area contributed by atoms with Crippen molar-refractivity contribution in [1.29, 1.82) is 0 Å². The van der Waals surface area contributed by atoms with Gasteiger partial charge in [0, 0.05) is 37.3 Å². The number of anilines is 1. The standard InChI is InChI=1S/C22H27N3O3S/c1-2-19-8-10-21(11-9-19)23-22(26)18-24-13-15-25(16-14-24)29(27,28)17-12-20-6-4-3-5-7-20/h3-12,17H,2,13-16,18H2,1H3,(H,23,26)/b17-12+. The molecule has 0 atom stereocenters. The number of aryl methyl sites for hydroxylation is 1. The van der Waals surface area contributed by atoms with Crippen LogP contribution in [0.2, 0.25) is 0 Å². The van der Waals surface area contributed by atoms with Gasteiger partial charge in [-0.2, -0.15) is 4.31 Å². The third-order valence-electron chi connectivity index (χ3n) is 4.94. The molecule has 0 aliphatic carbocycles. The molecule has 0 radical (unpaired) electrons. The molecule has 0 bridgehead atoms. The number of nitrogens with zero attached hydrogens (tertiary/aromatic N) is 2. The van der Waals surface area contributed by atoms with E-state index in [0.717, 1.165) is 17.7 Å². The summed E-state index contributed by atoms with van der Waals surface area (Å²) in [6.07, 6.45) is 2.57. The molecule has 0 spiro atoms. The van der Waals surface area contributed by atoms with Crippen LogP contribution >= 0.6 is 0 Å². The van der Waals surface area contributed by atoms with Crippen LogP contribution in [0.5, 0.6) is 0 Å². The van der Waals surface area contributed by atoms with E-state index in [-0.39, 0.29) is 12.5 Å². The van der Waals surface area contributed by atoms with E-state index in [1.807, 2.05) is 59.5 Å². The SMILES string of the molecule is CCc1ccc(NC(=O)CN2CCN(S(=O)(=O)/C=C/c3ccccc3)CC2)cc1. The quantitative estimate of drug-likeness (QED) is 0.758. The van der Waals surface area contributed by atoms with Crippen molar-refractivity contribution in [2.45, 2.75) is 13.3 Å². The van der Waals surface area contributed by atoms with Crippen molar-refractivity contribution in [2.75, 3.05) is 38.0 Å². The zero-order valence-electron chi connectivity index (χ0n) is 16.6. The van der Waals surface area contributed by atoms with Gasteiger partial charge in [-0.25, -0.2) is 8.42 Å². The maximum Gasteiger partial charge on any atom is 0.238 e. The fraction of sp³-hybridized carbons (Fsp3) is 0.318. The minimum atomic E-state index is -3.46. The minimum Gasteiger partial charge on any atom is -0.325 e. The normalized spacial score (nSPS) is 16.2. The van der Waals surface area contributed by atoms with Gasteiger partial charge in [0.05, 0.1) is 6.54 Å². The fourth-order valence-corrected chi connectivity index (χ4v) is 4.36. The Hall–Kier alpha value is -2.48. The Morgan fingerprint density at radius 1 is 1.00 bits per heavy atom.